The van der Waals surface area contributed by atoms with E-state index in [1.807, 2.05) is 39.6 Å². The van der Waals surface area contributed by atoms with Gasteiger partial charge in [-0.2, -0.15) is 0 Å². The molecule has 1 N–H and O–H groups in total. The highest BCUT2D eigenvalue weighted by Crippen LogP contribution is 2.17. The van der Waals surface area contributed by atoms with Crippen LogP contribution in [0, 0.1) is 11.8 Å². The molecule has 0 bridgehead atoms. The van der Waals surface area contributed by atoms with Gasteiger partial charge in [-0.05, 0) is 32.4 Å². The third-order valence-electron chi connectivity index (χ3n) is 2.91. The van der Waals surface area contributed by atoms with Crippen molar-refractivity contribution in [1.82, 2.24) is 10.2 Å². The van der Waals surface area contributed by atoms with E-state index in [2.05, 4.69) is 5.32 Å². The molecule has 0 aromatic carbocycles. The van der Waals surface area contributed by atoms with E-state index in [4.69, 9.17) is 0 Å². The van der Waals surface area contributed by atoms with Gasteiger partial charge in [-0.1, -0.05) is 27.7 Å². The number of amides is 1. The smallest absolute Gasteiger partial charge is 0.225 e. The number of hydrogen-bond donors (Lipinski definition) is 1. The molecule has 98 valence electrons. The maximum absolute atomic E-state index is 11.7. The summed E-state index contributed by atoms with van der Waals surface area (Å²) >= 11 is 0. The SMILES string of the molecule is CC.CNCC1CCN(C(=O)C(C)C)CC1.[HH]. The molecule has 1 fully saturated rings. The van der Waals surface area contributed by atoms with Crippen LogP contribution in [-0.2, 0) is 4.79 Å². The molecule has 1 amide bonds. The van der Waals surface area contributed by atoms with Gasteiger partial charge in [-0.15, -0.1) is 0 Å². The molecule has 0 atom stereocenters. The Morgan fingerprint density at radius 2 is 1.88 bits per heavy atom. The first-order chi connectivity index (χ1) is 7.65. The molecule has 0 unspecified atom stereocenters. The van der Waals surface area contributed by atoms with E-state index in [0.717, 1.165) is 38.4 Å². The maximum Gasteiger partial charge on any atom is 0.225 e. The monoisotopic (exact) mass is 230 g/mol. The fourth-order valence-corrected chi connectivity index (χ4v) is 2.01. The minimum absolute atomic E-state index is 0. The van der Waals surface area contributed by atoms with E-state index in [1.54, 1.807) is 0 Å². The van der Waals surface area contributed by atoms with E-state index >= 15 is 0 Å². The Morgan fingerprint density at radius 1 is 1.38 bits per heavy atom. The molecule has 0 aromatic heterocycles. The first-order valence-electron chi connectivity index (χ1n) is 6.58. The van der Waals surface area contributed by atoms with Gasteiger partial charge in [-0.3, -0.25) is 4.79 Å². The van der Waals surface area contributed by atoms with Crippen molar-refractivity contribution in [3.05, 3.63) is 0 Å². The van der Waals surface area contributed by atoms with Crippen LogP contribution in [0.25, 0.3) is 0 Å². The van der Waals surface area contributed by atoms with E-state index < -0.39 is 0 Å². The second-order valence-electron chi connectivity index (χ2n) is 4.48. The molecule has 0 radical (unpaired) electrons. The highest BCUT2D eigenvalue weighted by atomic mass is 16.2. The molecular weight excluding hydrogens is 200 g/mol. The molecule has 1 heterocycles. The van der Waals surface area contributed by atoms with Gasteiger partial charge in [0.1, 0.15) is 0 Å². The number of carbonyl (C=O) groups is 1. The minimum Gasteiger partial charge on any atom is -0.342 e. The fourth-order valence-electron chi connectivity index (χ4n) is 2.01. The predicted octanol–water partition coefficient (Wildman–Crippen LogP) is 2.37. The van der Waals surface area contributed by atoms with Crippen LogP contribution < -0.4 is 5.32 Å². The van der Waals surface area contributed by atoms with E-state index in [1.165, 1.54) is 0 Å². The molecule has 16 heavy (non-hydrogen) atoms. The van der Waals surface area contributed by atoms with Crippen LogP contribution in [0.5, 0.6) is 0 Å². The van der Waals surface area contributed by atoms with Gasteiger partial charge in [0.25, 0.3) is 0 Å². The molecule has 1 rings (SSSR count). The summed E-state index contributed by atoms with van der Waals surface area (Å²) in [5, 5.41) is 3.20. The summed E-state index contributed by atoms with van der Waals surface area (Å²) in [7, 11) is 1.99. The zero-order valence-corrected chi connectivity index (χ0v) is 11.5. The van der Waals surface area contributed by atoms with Crippen molar-refractivity contribution in [2.45, 2.75) is 40.5 Å². The normalized spacial score (nSPS) is 17.0. The number of hydrogen-bond acceptors (Lipinski definition) is 2. The summed E-state index contributed by atoms with van der Waals surface area (Å²) in [6.07, 6.45) is 2.30. The average molecular weight is 230 g/mol. The topological polar surface area (TPSA) is 32.3 Å². The summed E-state index contributed by atoms with van der Waals surface area (Å²) in [5.41, 5.74) is 0. The molecule has 1 aliphatic rings. The van der Waals surface area contributed by atoms with Crippen LogP contribution in [-0.4, -0.2) is 37.5 Å². The molecule has 1 saturated heterocycles. The summed E-state index contributed by atoms with van der Waals surface area (Å²) < 4.78 is 0. The number of likely N-dealkylation sites (tertiary alicyclic amines) is 1. The summed E-state index contributed by atoms with van der Waals surface area (Å²) in [6, 6.07) is 0. The van der Waals surface area contributed by atoms with Crippen LogP contribution in [0.3, 0.4) is 0 Å². The van der Waals surface area contributed by atoms with Gasteiger partial charge in [-0.25, -0.2) is 0 Å². The third kappa shape index (κ3) is 4.97. The first kappa shape index (κ1) is 15.4. The van der Waals surface area contributed by atoms with Crippen molar-refractivity contribution in [2.75, 3.05) is 26.7 Å². The Bertz CT molecular complexity index is 190. The summed E-state index contributed by atoms with van der Waals surface area (Å²) in [5.74, 6) is 1.22. The Labute approximate surface area is 102 Å². The van der Waals surface area contributed by atoms with Crippen molar-refractivity contribution in [2.24, 2.45) is 11.8 Å². The molecule has 1 aliphatic heterocycles. The zero-order valence-electron chi connectivity index (χ0n) is 11.5. The first-order valence-corrected chi connectivity index (χ1v) is 6.58. The van der Waals surface area contributed by atoms with Crippen LogP contribution in [0.15, 0.2) is 0 Å². The van der Waals surface area contributed by atoms with E-state index in [0.29, 0.717) is 5.91 Å². The van der Waals surface area contributed by atoms with Gasteiger partial charge < -0.3 is 10.2 Å². The van der Waals surface area contributed by atoms with Crippen molar-refractivity contribution >= 4 is 5.91 Å². The Balaban J connectivity index is 0. The molecule has 0 saturated carbocycles. The van der Waals surface area contributed by atoms with Crippen molar-refractivity contribution < 1.29 is 6.22 Å². The van der Waals surface area contributed by atoms with E-state index in [9.17, 15) is 4.79 Å². The summed E-state index contributed by atoms with van der Waals surface area (Å²) in [6.45, 7) is 10.9. The van der Waals surface area contributed by atoms with Crippen molar-refractivity contribution in [1.29, 1.82) is 0 Å². The highest BCUT2D eigenvalue weighted by Gasteiger charge is 2.23. The molecule has 0 spiro atoms. The largest absolute Gasteiger partial charge is 0.342 e. The number of piperidine rings is 1. The van der Waals surface area contributed by atoms with Crippen LogP contribution >= 0.6 is 0 Å². The molecule has 0 aliphatic carbocycles. The lowest BCUT2D eigenvalue weighted by molar-refractivity contribution is -0.135. The number of rotatable bonds is 3. The second kappa shape index (κ2) is 8.57. The van der Waals surface area contributed by atoms with Crippen LogP contribution in [0.4, 0.5) is 0 Å². The highest BCUT2D eigenvalue weighted by molar-refractivity contribution is 5.78. The predicted molar refractivity (Wildman–Crippen MR) is 71.5 cm³/mol. The molecule has 0 aromatic rings. The van der Waals surface area contributed by atoms with E-state index in [-0.39, 0.29) is 7.34 Å². The number of nitrogens with zero attached hydrogens (tertiary/aromatic N) is 1. The van der Waals surface area contributed by atoms with Gasteiger partial charge >= 0.3 is 0 Å². The van der Waals surface area contributed by atoms with Crippen molar-refractivity contribution in [3.63, 3.8) is 0 Å². The Kier molecular flexibility index (Phi) is 8.26. The minimum atomic E-state index is 0. The Hall–Kier alpha value is -0.570. The standard InChI is InChI=1S/C11H22N2O.C2H6.H2/c1-9(2)11(14)13-6-4-10(5-7-13)8-12-3;1-2;/h9-10,12H,4-8H2,1-3H3;1-2H3;1H. The van der Waals surface area contributed by atoms with Crippen LogP contribution in [0.1, 0.15) is 42.0 Å². The molecule has 3 nitrogen and oxygen atoms in total. The third-order valence-corrected chi connectivity index (χ3v) is 2.91. The van der Waals surface area contributed by atoms with Crippen LogP contribution in [0.2, 0.25) is 0 Å². The fraction of sp³-hybridized carbons (Fsp3) is 0.923. The lowest BCUT2D eigenvalue weighted by atomic mass is 9.96. The number of nitrogens with one attached hydrogen (secondary N) is 1. The summed E-state index contributed by atoms with van der Waals surface area (Å²) in [4.78, 5) is 13.7. The van der Waals surface area contributed by atoms with Crippen molar-refractivity contribution in [3.8, 4) is 0 Å². The van der Waals surface area contributed by atoms with Gasteiger partial charge in [0.15, 0.2) is 0 Å². The lowest BCUT2D eigenvalue weighted by Gasteiger charge is -2.33. The second-order valence-corrected chi connectivity index (χ2v) is 4.48. The van der Waals surface area contributed by atoms with Gasteiger partial charge in [0.05, 0.1) is 0 Å². The Morgan fingerprint density at radius 3 is 2.25 bits per heavy atom. The average Bonchev–Trinajstić information content (AvgIpc) is 2.32. The maximum atomic E-state index is 11.7. The lowest BCUT2D eigenvalue weighted by Crippen LogP contribution is -2.42. The van der Waals surface area contributed by atoms with Gasteiger partial charge in [0.2, 0.25) is 5.91 Å². The number of carbonyl (C=O) groups excluding carboxylic acids is 1. The molecular formula is C13H30N2O. The zero-order chi connectivity index (χ0) is 12.6. The quantitative estimate of drug-likeness (QED) is 0.807. The van der Waals surface area contributed by atoms with Gasteiger partial charge in [0, 0.05) is 20.4 Å². The molecule has 3 heteroatoms.